The zero-order valence-electron chi connectivity index (χ0n) is 9.21. The molecule has 0 aliphatic carbocycles. The highest BCUT2D eigenvalue weighted by molar-refractivity contribution is 6.33. The molecule has 1 aliphatic heterocycles. The normalized spacial score (nSPS) is 18.3. The summed E-state index contributed by atoms with van der Waals surface area (Å²) in [5.41, 5.74) is 4.66. The molecule has 0 amide bonds. The summed E-state index contributed by atoms with van der Waals surface area (Å²) in [7, 11) is 4.46. The van der Waals surface area contributed by atoms with Crippen molar-refractivity contribution in [2.24, 2.45) is 0 Å². The van der Waals surface area contributed by atoms with Crippen LogP contribution >= 0.6 is 0 Å². The van der Waals surface area contributed by atoms with Gasteiger partial charge < -0.3 is 4.81 Å². The van der Waals surface area contributed by atoms with E-state index in [2.05, 4.69) is 38.8 Å². The highest BCUT2D eigenvalue weighted by Gasteiger charge is 2.10. The van der Waals surface area contributed by atoms with E-state index in [1.807, 2.05) is 0 Å². The fourth-order valence-electron chi connectivity index (χ4n) is 2.30. The maximum absolute atomic E-state index is 2.44. The van der Waals surface area contributed by atoms with Crippen LogP contribution in [0.4, 0.5) is 0 Å². The molecule has 1 aromatic rings. The molecule has 0 aromatic heterocycles. The van der Waals surface area contributed by atoms with E-state index in [0.29, 0.717) is 0 Å². The van der Waals surface area contributed by atoms with Crippen LogP contribution in [-0.4, -0.2) is 33.7 Å². The van der Waals surface area contributed by atoms with Gasteiger partial charge in [0.25, 0.3) is 0 Å². The largest absolute Gasteiger partial charge is 0.348 e. The molecule has 0 N–H and O–H groups in total. The Morgan fingerprint density at radius 1 is 1.14 bits per heavy atom. The molecule has 14 heavy (non-hydrogen) atoms. The lowest BCUT2D eigenvalue weighted by Gasteiger charge is -2.23. The standard InChI is InChI=1S/C11H17B2N/c12-11-5-1-3-9-6-8-14(13)7-2-4-10(9)11/h1,3,5H,2,4,6-8,12-13H2. The van der Waals surface area contributed by atoms with Crippen molar-refractivity contribution in [1.82, 2.24) is 4.81 Å². The number of hydrogen-bond donors (Lipinski definition) is 0. The molecule has 0 radical (unpaired) electrons. The molecule has 3 heteroatoms. The average Bonchev–Trinajstić information content (AvgIpc) is 2.14. The average molecular weight is 185 g/mol. The smallest absolute Gasteiger partial charge is 0.185 e. The molecule has 0 bridgehead atoms. The van der Waals surface area contributed by atoms with Gasteiger partial charge in [0.1, 0.15) is 7.85 Å². The molecule has 72 valence electrons. The monoisotopic (exact) mass is 185 g/mol. The van der Waals surface area contributed by atoms with E-state index in [4.69, 9.17) is 0 Å². The van der Waals surface area contributed by atoms with Gasteiger partial charge in [-0.05, 0) is 37.9 Å². The van der Waals surface area contributed by atoms with Gasteiger partial charge in [0.15, 0.2) is 7.98 Å². The van der Waals surface area contributed by atoms with Crippen molar-refractivity contribution >= 4 is 21.3 Å². The van der Waals surface area contributed by atoms with E-state index in [9.17, 15) is 0 Å². The summed E-state index contributed by atoms with van der Waals surface area (Å²) in [6.45, 7) is 2.45. The maximum atomic E-state index is 2.44. The molecule has 0 saturated carbocycles. The summed E-state index contributed by atoms with van der Waals surface area (Å²) in [6, 6.07) is 6.72. The van der Waals surface area contributed by atoms with Crippen molar-refractivity contribution in [2.45, 2.75) is 19.3 Å². The van der Waals surface area contributed by atoms with Crippen LogP contribution in [0.25, 0.3) is 0 Å². The molecule has 0 spiro atoms. The molecular weight excluding hydrogens is 168 g/mol. The molecule has 1 aliphatic rings. The quantitative estimate of drug-likeness (QED) is 0.482. The Balaban J connectivity index is 2.28. The summed E-state index contributed by atoms with van der Waals surface area (Å²) >= 11 is 0. The Hall–Kier alpha value is -0.690. The third-order valence-corrected chi connectivity index (χ3v) is 3.24. The summed E-state index contributed by atoms with van der Waals surface area (Å²) in [6.07, 6.45) is 3.77. The molecule has 2 rings (SSSR count). The van der Waals surface area contributed by atoms with E-state index in [0.717, 1.165) is 0 Å². The molecule has 0 unspecified atom stereocenters. The van der Waals surface area contributed by atoms with Crippen LogP contribution in [0.3, 0.4) is 0 Å². The predicted octanol–water partition coefficient (Wildman–Crippen LogP) is -0.716. The van der Waals surface area contributed by atoms with Crippen molar-refractivity contribution in [3.05, 3.63) is 29.3 Å². The molecular formula is C11H17B2N. The first kappa shape index (κ1) is 9.85. The van der Waals surface area contributed by atoms with Gasteiger partial charge in [-0.15, -0.1) is 0 Å². The van der Waals surface area contributed by atoms with Crippen LogP contribution in [0.2, 0.25) is 0 Å². The van der Waals surface area contributed by atoms with Crippen LogP contribution in [0.1, 0.15) is 17.5 Å². The Labute approximate surface area is 88.3 Å². The number of benzene rings is 1. The summed E-state index contributed by atoms with van der Waals surface area (Å²) in [5, 5.41) is 0. The first-order valence-electron chi connectivity index (χ1n) is 5.53. The highest BCUT2D eigenvalue weighted by atomic mass is 15.0. The fraction of sp³-hybridized carbons (Fsp3) is 0.455. The van der Waals surface area contributed by atoms with Crippen LogP contribution in [-0.2, 0) is 12.8 Å². The van der Waals surface area contributed by atoms with Crippen molar-refractivity contribution in [3.63, 3.8) is 0 Å². The molecule has 0 saturated heterocycles. The Bertz CT molecular complexity index is 325. The van der Waals surface area contributed by atoms with Gasteiger partial charge in [0, 0.05) is 0 Å². The first-order chi connectivity index (χ1) is 6.77. The third-order valence-electron chi connectivity index (χ3n) is 3.24. The minimum Gasteiger partial charge on any atom is -0.348 e. The minimum atomic E-state index is 1.20. The predicted molar refractivity (Wildman–Crippen MR) is 66.8 cm³/mol. The Kier molecular flexibility index (Phi) is 2.97. The Morgan fingerprint density at radius 2 is 2.00 bits per heavy atom. The minimum absolute atomic E-state index is 1.20. The van der Waals surface area contributed by atoms with Gasteiger partial charge in [0.2, 0.25) is 0 Å². The summed E-state index contributed by atoms with van der Waals surface area (Å²) < 4.78 is 0. The molecule has 1 nitrogen and oxygen atoms in total. The first-order valence-corrected chi connectivity index (χ1v) is 5.53. The van der Waals surface area contributed by atoms with Gasteiger partial charge in [-0.3, -0.25) is 0 Å². The van der Waals surface area contributed by atoms with Gasteiger partial charge in [0.05, 0.1) is 0 Å². The van der Waals surface area contributed by atoms with Gasteiger partial charge >= 0.3 is 0 Å². The molecule has 0 fully saturated rings. The van der Waals surface area contributed by atoms with E-state index < -0.39 is 0 Å². The molecule has 1 heterocycles. The molecule has 1 aromatic carbocycles. The summed E-state index contributed by atoms with van der Waals surface area (Å²) in [4.78, 5) is 2.44. The lowest BCUT2D eigenvalue weighted by Crippen LogP contribution is -2.28. The van der Waals surface area contributed by atoms with E-state index >= 15 is 0 Å². The maximum Gasteiger partial charge on any atom is 0.185 e. The van der Waals surface area contributed by atoms with Crippen molar-refractivity contribution in [3.8, 4) is 0 Å². The second kappa shape index (κ2) is 4.22. The second-order valence-electron chi connectivity index (χ2n) is 4.37. The summed E-state index contributed by atoms with van der Waals surface area (Å²) in [5.74, 6) is 0. The Morgan fingerprint density at radius 3 is 2.86 bits per heavy atom. The van der Waals surface area contributed by atoms with Gasteiger partial charge in [-0.2, -0.15) is 0 Å². The van der Waals surface area contributed by atoms with Crippen LogP contribution in [0.15, 0.2) is 18.2 Å². The highest BCUT2D eigenvalue weighted by Crippen LogP contribution is 2.12. The van der Waals surface area contributed by atoms with E-state index in [1.165, 1.54) is 37.8 Å². The number of hydrogen-bond acceptors (Lipinski definition) is 1. The second-order valence-corrected chi connectivity index (χ2v) is 4.37. The van der Waals surface area contributed by atoms with E-state index in [1.54, 1.807) is 11.1 Å². The lowest BCUT2D eigenvalue weighted by molar-refractivity contribution is 0.437. The third kappa shape index (κ3) is 2.03. The number of fused-ring (bicyclic) bond motifs is 1. The lowest BCUT2D eigenvalue weighted by atomic mass is 9.84. The SMILES string of the molecule is Bc1cccc2c1CCCN(B)CC2. The van der Waals surface area contributed by atoms with E-state index in [-0.39, 0.29) is 0 Å². The van der Waals surface area contributed by atoms with Crippen molar-refractivity contribution < 1.29 is 0 Å². The number of nitrogens with zero attached hydrogens (tertiary/aromatic N) is 1. The zero-order valence-corrected chi connectivity index (χ0v) is 9.21. The van der Waals surface area contributed by atoms with Gasteiger partial charge in [-0.1, -0.05) is 29.2 Å². The topological polar surface area (TPSA) is 3.24 Å². The van der Waals surface area contributed by atoms with Crippen molar-refractivity contribution in [2.75, 3.05) is 13.1 Å². The number of rotatable bonds is 0. The van der Waals surface area contributed by atoms with Gasteiger partial charge in [-0.25, -0.2) is 0 Å². The fourth-order valence-corrected chi connectivity index (χ4v) is 2.30. The molecule has 0 atom stereocenters. The zero-order chi connectivity index (χ0) is 9.97. The van der Waals surface area contributed by atoms with Crippen LogP contribution in [0.5, 0.6) is 0 Å². The van der Waals surface area contributed by atoms with Crippen LogP contribution in [0, 0.1) is 0 Å². The van der Waals surface area contributed by atoms with Crippen LogP contribution < -0.4 is 5.46 Å². The van der Waals surface area contributed by atoms with Crippen molar-refractivity contribution in [1.29, 1.82) is 0 Å².